The highest BCUT2D eigenvalue weighted by Gasteiger charge is 2.23. The maximum absolute atomic E-state index is 5.52. The molecule has 2 aromatic rings. The summed E-state index contributed by atoms with van der Waals surface area (Å²) in [7, 11) is 5.84. The SMILES string of the molecule is CCNC(c1ccsc1)c1c(OC)cnn1CCN(C)C. The average Bonchev–Trinajstić information content (AvgIpc) is 3.11. The lowest BCUT2D eigenvalue weighted by molar-refractivity contribution is 0.360. The molecule has 2 aromatic heterocycles. The topological polar surface area (TPSA) is 42.3 Å². The van der Waals surface area contributed by atoms with Crippen LogP contribution in [0.25, 0.3) is 0 Å². The minimum atomic E-state index is 0.112. The van der Waals surface area contributed by atoms with E-state index in [0.717, 1.165) is 31.1 Å². The molecule has 0 radical (unpaired) electrons. The molecule has 2 heterocycles. The van der Waals surface area contributed by atoms with Crippen LogP contribution in [0.5, 0.6) is 5.75 Å². The number of nitrogens with zero attached hydrogens (tertiary/aromatic N) is 3. The van der Waals surface area contributed by atoms with Gasteiger partial charge in [0.15, 0.2) is 5.75 Å². The molecule has 0 bridgehead atoms. The third-order valence-corrected chi connectivity index (χ3v) is 4.08. The van der Waals surface area contributed by atoms with Gasteiger partial charge in [-0.25, -0.2) is 0 Å². The van der Waals surface area contributed by atoms with Gasteiger partial charge in [0.1, 0.15) is 5.69 Å². The molecular formula is C15H24N4OS. The van der Waals surface area contributed by atoms with Crippen molar-refractivity contribution in [3.05, 3.63) is 34.3 Å². The van der Waals surface area contributed by atoms with Gasteiger partial charge in [0.2, 0.25) is 0 Å². The second-order valence-corrected chi connectivity index (χ2v) is 5.95. The standard InChI is InChI=1S/C15H24N4OS/c1-5-16-14(12-6-9-21-11-12)15-13(20-4)10-17-19(15)8-7-18(2)3/h6,9-11,14,16H,5,7-8H2,1-4H3. The number of likely N-dealkylation sites (N-methyl/N-ethyl adjacent to an activating group) is 1. The van der Waals surface area contributed by atoms with Crippen molar-refractivity contribution in [2.24, 2.45) is 0 Å². The van der Waals surface area contributed by atoms with Gasteiger partial charge < -0.3 is 15.0 Å². The van der Waals surface area contributed by atoms with Crippen LogP contribution < -0.4 is 10.1 Å². The van der Waals surface area contributed by atoms with E-state index >= 15 is 0 Å². The fourth-order valence-electron chi connectivity index (χ4n) is 2.31. The molecule has 0 saturated heterocycles. The van der Waals surface area contributed by atoms with Crippen LogP contribution in [0.15, 0.2) is 23.0 Å². The molecule has 1 unspecified atom stereocenters. The van der Waals surface area contributed by atoms with Crippen LogP contribution in [-0.4, -0.2) is 49.0 Å². The van der Waals surface area contributed by atoms with E-state index in [0.29, 0.717) is 0 Å². The van der Waals surface area contributed by atoms with Crippen LogP contribution in [0.1, 0.15) is 24.2 Å². The number of rotatable bonds is 8. The molecule has 0 aliphatic carbocycles. The molecule has 21 heavy (non-hydrogen) atoms. The Hall–Kier alpha value is -1.37. The van der Waals surface area contributed by atoms with Crippen molar-refractivity contribution in [2.45, 2.75) is 19.5 Å². The van der Waals surface area contributed by atoms with E-state index in [9.17, 15) is 0 Å². The monoisotopic (exact) mass is 308 g/mol. The van der Waals surface area contributed by atoms with Crippen LogP contribution in [0.2, 0.25) is 0 Å². The Balaban J connectivity index is 2.35. The number of ether oxygens (including phenoxy) is 1. The molecule has 0 fully saturated rings. The van der Waals surface area contributed by atoms with Crippen molar-refractivity contribution in [2.75, 3.05) is 34.3 Å². The fraction of sp³-hybridized carbons (Fsp3) is 0.533. The summed E-state index contributed by atoms with van der Waals surface area (Å²) in [4.78, 5) is 2.16. The molecule has 0 amide bonds. The zero-order valence-electron chi connectivity index (χ0n) is 13.2. The Morgan fingerprint density at radius 1 is 1.48 bits per heavy atom. The first-order valence-electron chi connectivity index (χ1n) is 7.17. The normalized spacial score (nSPS) is 12.8. The molecule has 5 nitrogen and oxygen atoms in total. The van der Waals surface area contributed by atoms with Crippen LogP contribution in [0.3, 0.4) is 0 Å². The van der Waals surface area contributed by atoms with Crippen LogP contribution in [-0.2, 0) is 6.54 Å². The Morgan fingerprint density at radius 2 is 2.29 bits per heavy atom. The third kappa shape index (κ3) is 3.84. The molecule has 2 rings (SSSR count). The molecule has 0 spiro atoms. The first-order valence-corrected chi connectivity index (χ1v) is 8.11. The van der Waals surface area contributed by atoms with E-state index in [1.54, 1.807) is 18.4 Å². The van der Waals surface area contributed by atoms with E-state index in [-0.39, 0.29) is 6.04 Å². The number of nitrogens with one attached hydrogen (secondary N) is 1. The Bertz CT molecular complexity index is 536. The molecule has 1 atom stereocenters. The second kappa shape index (κ2) is 7.59. The molecule has 6 heteroatoms. The summed E-state index contributed by atoms with van der Waals surface area (Å²) in [6.45, 7) is 4.80. The van der Waals surface area contributed by atoms with Crippen molar-refractivity contribution in [3.63, 3.8) is 0 Å². The lowest BCUT2D eigenvalue weighted by Crippen LogP contribution is -2.27. The maximum atomic E-state index is 5.52. The second-order valence-electron chi connectivity index (χ2n) is 5.17. The van der Waals surface area contributed by atoms with E-state index < -0.39 is 0 Å². The first kappa shape index (κ1) is 16.0. The van der Waals surface area contributed by atoms with Gasteiger partial charge in [0.05, 0.1) is 25.9 Å². The summed E-state index contributed by atoms with van der Waals surface area (Å²) in [5.41, 5.74) is 2.35. The van der Waals surface area contributed by atoms with Gasteiger partial charge in [0.25, 0.3) is 0 Å². The summed E-state index contributed by atoms with van der Waals surface area (Å²) in [6.07, 6.45) is 1.81. The summed E-state index contributed by atoms with van der Waals surface area (Å²) in [5, 5.41) is 12.3. The smallest absolute Gasteiger partial charge is 0.161 e. The minimum Gasteiger partial charge on any atom is -0.493 e. The molecule has 0 aliphatic rings. The van der Waals surface area contributed by atoms with Gasteiger partial charge in [0, 0.05) is 6.54 Å². The molecule has 0 aromatic carbocycles. The number of hydrogen-bond donors (Lipinski definition) is 1. The fourth-order valence-corrected chi connectivity index (χ4v) is 3.00. The largest absolute Gasteiger partial charge is 0.493 e. The highest BCUT2D eigenvalue weighted by atomic mass is 32.1. The predicted molar refractivity (Wildman–Crippen MR) is 87.2 cm³/mol. The zero-order chi connectivity index (χ0) is 15.2. The van der Waals surface area contributed by atoms with Crippen molar-refractivity contribution < 1.29 is 4.74 Å². The van der Waals surface area contributed by atoms with Crippen LogP contribution in [0.4, 0.5) is 0 Å². The van der Waals surface area contributed by atoms with Gasteiger partial charge >= 0.3 is 0 Å². The molecule has 1 N–H and O–H groups in total. The van der Waals surface area contributed by atoms with Gasteiger partial charge in [-0.15, -0.1) is 0 Å². The number of thiophene rings is 1. The van der Waals surface area contributed by atoms with Crippen molar-refractivity contribution >= 4 is 11.3 Å². The third-order valence-electron chi connectivity index (χ3n) is 3.38. The van der Waals surface area contributed by atoms with Gasteiger partial charge in [-0.1, -0.05) is 6.92 Å². The highest BCUT2D eigenvalue weighted by Crippen LogP contribution is 2.31. The van der Waals surface area contributed by atoms with E-state index in [1.807, 2.05) is 10.9 Å². The zero-order valence-corrected chi connectivity index (χ0v) is 14.0. The van der Waals surface area contributed by atoms with Gasteiger partial charge in [-0.3, -0.25) is 4.68 Å². The minimum absolute atomic E-state index is 0.112. The summed E-state index contributed by atoms with van der Waals surface area (Å²) >= 11 is 1.71. The van der Waals surface area contributed by atoms with Crippen molar-refractivity contribution in [3.8, 4) is 5.75 Å². The Kier molecular flexibility index (Phi) is 5.78. The molecule has 0 aliphatic heterocycles. The van der Waals surface area contributed by atoms with Crippen molar-refractivity contribution in [1.82, 2.24) is 20.0 Å². The first-order chi connectivity index (χ1) is 10.2. The lowest BCUT2D eigenvalue weighted by atomic mass is 10.1. The van der Waals surface area contributed by atoms with Crippen LogP contribution in [0, 0.1) is 0 Å². The lowest BCUT2D eigenvalue weighted by Gasteiger charge is -2.21. The van der Waals surface area contributed by atoms with E-state index in [1.165, 1.54) is 5.56 Å². The van der Waals surface area contributed by atoms with Crippen molar-refractivity contribution in [1.29, 1.82) is 0 Å². The number of aromatic nitrogens is 2. The predicted octanol–water partition coefficient (Wildman–Crippen LogP) is 2.21. The number of hydrogen-bond acceptors (Lipinski definition) is 5. The molecular weight excluding hydrogens is 284 g/mol. The highest BCUT2D eigenvalue weighted by molar-refractivity contribution is 7.08. The quantitative estimate of drug-likeness (QED) is 0.812. The number of methoxy groups -OCH3 is 1. The van der Waals surface area contributed by atoms with Gasteiger partial charge in [-0.2, -0.15) is 16.4 Å². The summed E-state index contributed by atoms with van der Waals surface area (Å²) in [5.74, 6) is 0.839. The Labute approximate surface area is 130 Å². The van der Waals surface area contributed by atoms with E-state index in [4.69, 9.17) is 4.74 Å². The van der Waals surface area contributed by atoms with Crippen LogP contribution >= 0.6 is 11.3 Å². The average molecular weight is 308 g/mol. The maximum Gasteiger partial charge on any atom is 0.161 e. The molecule has 116 valence electrons. The van der Waals surface area contributed by atoms with E-state index in [2.05, 4.69) is 53.2 Å². The van der Waals surface area contributed by atoms with Gasteiger partial charge in [-0.05, 0) is 43.0 Å². The summed E-state index contributed by atoms with van der Waals surface area (Å²) < 4.78 is 7.57. The Morgan fingerprint density at radius 3 is 2.86 bits per heavy atom. The molecule has 0 saturated carbocycles. The summed E-state index contributed by atoms with van der Waals surface area (Å²) in [6, 6.07) is 2.27.